The van der Waals surface area contributed by atoms with E-state index in [1.165, 1.54) is 4.88 Å². The van der Waals surface area contributed by atoms with Gasteiger partial charge in [-0.05, 0) is 20.8 Å². The van der Waals surface area contributed by atoms with E-state index in [-0.39, 0.29) is 6.04 Å². The lowest BCUT2D eigenvalue weighted by Gasteiger charge is -2.13. The molecule has 0 amide bonds. The average molecular weight is 263 g/mol. The van der Waals surface area contributed by atoms with Gasteiger partial charge in [-0.3, -0.25) is 0 Å². The van der Waals surface area contributed by atoms with Crippen molar-refractivity contribution < 1.29 is 0 Å². The highest BCUT2D eigenvalue weighted by Gasteiger charge is 2.10. The Morgan fingerprint density at radius 3 is 2.67 bits per heavy atom. The van der Waals surface area contributed by atoms with Gasteiger partial charge in [0.25, 0.3) is 0 Å². The first kappa shape index (κ1) is 12.8. The second-order valence-corrected chi connectivity index (χ2v) is 5.41. The Morgan fingerprint density at radius 2 is 2.06 bits per heavy atom. The third-order valence-electron chi connectivity index (χ3n) is 2.45. The van der Waals surface area contributed by atoms with E-state index in [9.17, 15) is 0 Å². The SMILES string of the molecule is CNc1nc(C)cc(NC(C)c2ncc(C)s2)n1. The number of nitrogens with zero attached hydrogens (tertiary/aromatic N) is 3. The number of nitrogens with one attached hydrogen (secondary N) is 2. The first-order valence-corrected chi connectivity index (χ1v) is 6.62. The fraction of sp³-hybridized carbons (Fsp3) is 0.417. The molecule has 1 atom stereocenters. The highest BCUT2D eigenvalue weighted by molar-refractivity contribution is 7.11. The molecular weight excluding hydrogens is 246 g/mol. The van der Waals surface area contributed by atoms with Crippen molar-refractivity contribution in [3.05, 3.63) is 27.8 Å². The minimum Gasteiger partial charge on any atom is -0.361 e. The summed E-state index contributed by atoms with van der Waals surface area (Å²) in [6, 6.07) is 2.07. The third kappa shape index (κ3) is 2.95. The van der Waals surface area contributed by atoms with Gasteiger partial charge in [0.15, 0.2) is 0 Å². The van der Waals surface area contributed by atoms with Crippen LogP contribution in [0.2, 0.25) is 0 Å². The molecule has 0 saturated heterocycles. The van der Waals surface area contributed by atoms with Crippen LogP contribution in [-0.4, -0.2) is 22.0 Å². The van der Waals surface area contributed by atoms with Gasteiger partial charge in [0, 0.05) is 29.9 Å². The normalized spacial score (nSPS) is 12.2. The zero-order chi connectivity index (χ0) is 13.1. The number of aromatic nitrogens is 3. The van der Waals surface area contributed by atoms with Gasteiger partial charge in [-0.2, -0.15) is 4.98 Å². The van der Waals surface area contributed by atoms with Crippen LogP contribution in [0.25, 0.3) is 0 Å². The molecule has 0 radical (unpaired) electrons. The van der Waals surface area contributed by atoms with Gasteiger partial charge in [-0.25, -0.2) is 9.97 Å². The van der Waals surface area contributed by atoms with Crippen molar-refractivity contribution in [1.82, 2.24) is 15.0 Å². The first-order valence-electron chi connectivity index (χ1n) is 5.81. The Bertz CT molecular complexity index is 537. The molecule has 2 aromatic rings. The molecular formula is C12H17N5S. The lowest BCUT2D eigenvalue weighted by molar-refractivity contribution is 0.857. The monoisotopic (exact) mass is 263 g/mol. The number of aryl methyl sites for hydroxylation is 2. The average Bonchev–Trinajstić information content (AvgIpc) is 2.75. The fourth-order valence-corrected chi connectivity index (χ4v) is 2.39. The van der Waals surface area contributed by atoms with Crippen LogP contribution in [-0.2, 0) is 0 Å². The highest BCUT2D eigenvalue weighted by Crippen LogP contribution is 2.22. The zero-order valence-electron chi connectivity index (χ0n) is 11.0. The maximum absolute atomic E-state index is 4.37. The Balaban J connectivity index is 2.16. The van der Waals surface area contributed by atoms with Crippen LogP contribution in [0, 0.1) is 13.8 Å². The van der Waals surface area contributed by atoms with Crippen molar-refractivity contribution in [2.45, 2.75) is 26.8 Å². The van der Waals surface area contributed by atoms with Crippen LogP contribution in [0.15, 0.2) is 12.3 Å². The van der Waals surface area contributed by atoms with Crippen LogP contribution >= 0.6 is 11.3 Å². The Hall–Kier alpha value is -1.69. The molecule has 0 aliphatic rings. The molecule has 0 fully saturated rings. The van der Waals surface area contributed by atoms with E-state index in [0.717, 1.165) is 16.5 Å². The smallest absolute Gasteiger partial charge is 0.224 e. The molecule has 0 aromatic carbocycles. The summed E-state index contributed by atoms with van der Waals surface area (Å²) in [6.45, 7) is 6.09. The summed E-state index contributed by atoms with van der Waals surface area (Å²) in [7, 11) is 1.81. The molecule has 0 saturated carbocycles. The summed E-state index contributed by atoms with van der Waals surface area (Å²) in [4.78, 5) is 14.2. The number of hydrogen-bond acceptors (Lipinski definition) is 6. The van der Waals surface area contributed by atoms with Crippen LogP contribution in [0.5, 0.6) is 0 Å². The van der Waals surface area contributed by atoms with Gasteiger partial charge in [0.1, 0.15) is 10.8 Å². The number of anilines is 2. The molecule has 0 bridgehead atoms. The van der Waals surface area contributed by atoms with Crippen LogP contribution in [0.3, 0.4) is 0 Å². The van der Waals surface area contributed by atoms with E-state index in [4.69, 9.17) is 0 Å². The fourth-order valence-electron chi connectivity index (χ4n) is 1.61. The lowest BCUT2D eigenvalue weighted by atomic mass is 10.3. The van der Waals surface area contributed by atoms with E-state index in [1.807, 2.05) is 26.2 Å². The van der Waals surface area contributed by atoms with Gasteiger partial charge in [0.2, 0.25) is 5.95 Å². The van der Waals surface area contributed by atoms with Gasteiger partial charge in [-0.15, -0.1) is 11.3 Å². The van der Waals surface area contributed by atoms with Crippen molar-refractivity contribution in [3.63, 3.8) is 0 Å². The molecule has 2 aromatic heterocycles. The number of thiazole rings is 1. The van der Waals surface area contributed by atoms with E-state index >= 15 is 0 Å². The van der Waals surface area contributed by atoms with Gasteiger partial charge in [-0.1, -0.05) is 0 Å². The largest absolute Gasteiger partial charge is 0.361 e. The summed E-state index contributed by atoms with van der Waals surface area (Å²) in [5.74, 6) is 1.44. The molecule has 2 N–H and O–H groups in total. The maximum atomic E-state index is 4.37. The standard InChI is InChI=1S/C12H17N5S/c1-7-5-10(17-12(13-4)15-7)16-9(3)11-14-6-8(2)18-11/h5-6,9H,1-4H3,(H2,13,15,16,17). The summed E-state index contributed by atoms with van der Waals surface area (Å²) in [5.41, 5.74) is 0.930. The predicted molar refractivity (Wildman–Crippen MR) is 75.2 cm³/mol. The second-order valence-electron chi connectivity index (χ2n) is 4.14. The van der Waals surface area contributed by atoms with Crippen molar-refractivity contribution in [3.8, 4) is 0 Å². The van der Waals surface area contributed by atoms with Crippen molar-refractivity contribution in [2.24, 2.45) is 0 Å². The quantitative estimate of drug-likeness (QED) is 0.888. The Labute approximate surface area is 111 Å². The molecule has 5 nitrogen and oxygen atoms in total. The summed E-state index contributed by atoms with van der Waals surface area (Å²) < 4.78 is 0. The van der Waals surface area contributed by atoms with Gasteiger partial charge >= 0.3 is 0 Å². The molecule has 18 heavy (non-hydrogen) atoms. The van der Waals surface area contributed by atoms with Crippen molar-refractivity contribution in [2.75, 3.05) is 17.7 Å². The van der Waals surface area contributed by atoms with Crippen molar-refractivity contribution >= 4 is 23.1 Å². The Morgan fingerprint density at radius 1 is 1.28 bits per heavy atom. The zero-order valence-corrected chi connectivity index (χ0v) is 11.8. The van der Waals surface area contributed by atoms with Gasteiger partial charge in [0.05, 0.1) is 6.04 Å². The molecule has 0 aliphatic carbocycles. The number of hydrogen-bond donors (Lipinski definition) is 2. The summed E-state index contributed by atoms with van der Waals surface area (Å²) >= 11 is 1.70. The predicted octanol–water partition coefficient (Wildman–Crippen LogP) is 2.76. The van der Waals surface area contributed by atoms with Gasteiger partial charge < -0.3 is 10.6 Å². The van der Waals surface area contributed by atoms with Crippen molar-refractivity contribution in [1.29, 1.82) is 0 Å². The number of rotatable bonds is 4. The Kier molecular flexibility index (Phi) is 3.76. The molecule has 6 heteroatoms. The molecule has 2 heterocycles. The lowest BCUT2D eigenvalue weighted by Crippen LogP contribution is -2.09. The minimum absolute atomic E-state index is 0.141. The summed E-state index contributed by atoms with van der Waals surface area (Å²) in [5, 5.41) is 7.36. The van der Waals surface area contributed by atoms with Crippen LogP contribution in [0.1, 0.15) is 28.5 Å². The van der Waals surface area contributed by atoms with E-state index in [2.05, 4.69) is 39.4 Å². The first-order chi connectivity index (χ1) is 8.58. The minimum atomic E-state index is 0.141. The molecule has 0 aliphatic heterocycles. The van der Waals surface area contributed by atoms with E-state index in [0.29, 0.717) is 5.95 Å². The van der Waals surface area contributed by atoms with E-state index in [1.54, 1.807) is 11.3 Å². The summed E-state index contributed by atoms with van der Waals surface area (Å²) in [6.07, 6.45) is 1.89. The molecule has 96 valence electrons. The second kappa shape index (κ2) is 5.30. The topological polar surface area (TPSA) is 62.7 Å². The van der Waals surface area contributed by atoms with E-state index < -0.39 is 0 Å². The molecule has 2 rings (SSSR count). The molecule has 1 unspecified atom stereocenters. The van der Waals surface area contributed by atoms with Crippen LogP contribution < -0.4 is 10.6 Å². The molecule has 0 spiro atoms. The highest BCUT2D eigenvalue weighted by atomic mass is 32.1. The maximum Gasteiger partial charge on any atom is 0.224 e. The third-order valence-corrected chi connectivity index (χ3v) is 3.55. The van der Waals surface area contributed by atoms with Crippen LogP contribution in [0.4, 0.5) is 11.8 Å².